The number of aromatic nitrogens is 1. The Hall–Kier alpha value is -0.940. The van der Waals surface area contributed by atoms with Crippen LogP contribution in [0.25, 0.3) is 0 Å². The summed E-state index contributed by atoms with van der Waals surface area (Å²) in [5.74, 6) is 0.762. The van der Waals surface area contributed by atoms with Crippen molar-refractivity contribution < 1.29 is 4.79 Å². The molecule has 0 saturated carbocycles. The Balaban J connectivity index is 2.25. The summed E-state index contributed by atoms with van der Waals surface area (Å²) >= 11 is 1.54. The van der Waals surface area contributed by atoms with E-state index in [4.69, 9.17) is 5.73 Å². The first-order chi connectivity index (χ1) is 9.74. The van der Waals surface area contributed by atoms with Gasteiger partial charge in [-0.15, -0.1) is 11.3 Å². The number of hydrogen-bond donors (Lipinski definition) is 1. The zero-order valence-electron chi connectivity index (χ0n) is 13.8. The third kappa shape index (κ3) is 3.46. The van der Waals surface area contributed by atoms with Crippen molar-refractivity contribution >= 4 is 17.2 Å². The number of amides is 1. The highest BCUT2D eigenvalue weighted by Crippen LogP contribution is 2.31. The molecular formula is C16H27N3OS. The van der Waals surface area contributed by atoms with Crippen LogP contribution in [0.5, 0.6) is 0 Å². The van der Waals surface area contributed by atoms with E-state index < -0.39 is 0 Å². The SMILES string of the molecule is Cc1nc(C(C)(C)C)sc1C(=O)N1CCC(C)CC1CN. The van der Waals surface area contributed by atoms with Crippen LogP contribution >= 0.6 is 11.3 Å². The lowest BCUT2D eigenvalue weighted by Gasteiger charge is -2.37. The van der Waals surface area contributed by atoms with Crippen LogP contribution in [0.3, 0.4) is 0 Å². The van der Waals surface area contributed by atoms with Gasteiger partial charge in [0.05, 0.1) is 10.7 Å². The fourth-order valence-electron chi connectivity index (χ4n) is 2.79. The molecule has 1 saturated heterocycles. The van der Waals surface area contributed by atoms with Crippen molar-refractivity contribution in [3.8, 4) is 0 Å². The summed E-state index contributed by atoms with van der Waals surface area (Å²) in [6, 6.07) is 0.167. The third-order valence-electron chi connectivity index (χ3n) is 4.14. The minimum Gasteiger partial charge on any atom is -0.334 e. The molecule has 2 N–H and O–H groups in total. The van der Waals surface area contributed by atoms with Crippen LogP contribution in [0.2, 0.25) is 0 Å². The highest BCUT2D eigenvalue weighted by atomic mass is 32.1. The lowest BCUT2D eigenvalue weighted by Crippen LogP contribution is -2.49. The van der Waals surface area contributed by atoms with Crippen LogP contribution in [-0.2, 0) is 5.41 Å². The van der Waals surface area contributed by atoms with E-state index in [1.165, 1.54) is 11.3 Å². The van der Waals surface area contributed by atoms with Crippen molar-refractivity contribution in [3.05, 3.63) is 15.6 Å². The van der Waals surface area contributed by atoms with Crippen LogP contribution < -0.4 is 5.73 Å². The Labute approximate surface area is 131 Å². The number of carbonyl (C=O) groups excluding carboxylic acids is 1. The molecule has 0 spiro atoms. The second-order valence-corrected chi connectivity index (χ2v) is 8.20. The summed E-state index contributed by atoms with van der Waals surface area (Å²) in [6.07, 6.45) is 2.07. The first-order valence-corrected chi connectivity index (χ1v) is 8.54. The molecule has 1 aliphatic heterocycles. The molecule has 1 aromatic heterocycles. The highest BCUT2D eigenvalue weighted by Gasteiger charge is 2.32. The van der Waals surface area contributed by atoms with Crippen molar-refractivity contribution in [1.82, 2.24) is 9.88 Å². The largest absolute Gasteiger partial charge is 0.334 e. The van der Waals surface area contributed by atoms with Gasteiger partial charge in [0.1, 0.15) is 4.88 Å². The maximum atomic E-state index is 12.9. The van der Waals surface area contributed by atoms with Gasteiger partial charge < -0.3 is 10.6 Å². The molecule has 1 fully saturated rings. The minimum atomic E-state index is -0.0162. The van der Waals surface area contributed by atoms with Gasteiger partial charge in [0.2, 0.25) is 0 Å². The lowest BCUT2D eigenvalue weighted by atomic mass is 9.92. The van der Waals surface area contributed by atoms with Crippen molar-refractivity contribution in [1.29, 1.82) is 0 Å². The van der Waals surface area contributed by atoms with E-state index in [0.29, 0.717) is 12.5 Å². The molecule has 118 valence electrons. The molecule has 2 heterocycles. The average molecular weight is 309 g/mol. The van der Waals surface area contributed by atoms with E-state index in [2.05, 4.69) is 32.7 Å². The Morgan fingerprint density at radius 2 is 2.14 bits per heavy atom. The maximum Gasteiger partial charge on any atom is 0.266 e. The molecule has 2 unspecified atom stereocenters. The molecule has 1 aromatic rings. The molecule has 1 aliphatic rings. The van der Waals surface area contributed by atoms with Gasteiger partial charge in [-0.3, -0.25) is 4.79 Å². The first kappa shape index (κ1) is 16.4. The van der Waals surface area contributed by atoms with E-state index in [-0.39, 0.29) is 17.4 Å². The van der Waals surface area contributed by atoms with E-state index >= 15 is 0 Å². The predicted molar refractivity (Wildman–Crippen MR) is 87.8 cm³/mol. The topological polar surface area (TPSA) is 59.2 Å². The van der Waals surface area contributed by atoms with E-state index in [0.717, 1.165) is 35.0 Å². The van der Waals surface area contributed by atoms with Crippen LogP contribution in [-0.4, -0.2) is 34.9 Å². The monoisotopic (exact) mass is 309 g/mol. The summed E-state index contributed by atoms with van der Waals surface area (Å²) in [4.78, 5) is 20.2. The molecule has 1 amide bonds. The maximum absolute atomic E-state index is 12.9. The standard InChI is InChI=1S/C16H27N3OS/c1-10-6-7-19(12(8-10)9-17)14(20)13-11(2)18-15(21-13)16(3,4)5/h10,12H,6-9,17H2,1-5H3. The number of hydrogen-bond acceptors (Lipinski definition) is 4. The van der Waals surface area contributed by atoms with Crippen LogP contribution in [0.15, 0.2) is 0 Å². The second-order valence-electron chi connectivity index (χ2n) is 7.20. The summed E-state index contributed by atoms with van der Waals surface area (Å²) in [5, 5.41) is 1.03. The van der Waals surface area contributed by atoms with Gasteiger partial charge >= 0.3 is 0 Å². The summed E-state index contributed by atoms with van der Waals surface area (Å²) < 4.78 is 0. The van der Waals surface area contributed by atoms with E-state index in [9.17, 15) is 4.79 Å². The van der Waals surface area contributed by atoms with E-state index in [1.54, 1.807) is 0 Å². The van der Waals surface area contributed by atoms with Gasteiger partial charge in [-0.1, -0.05) is 27.7 Å². The normalized spacial score (nSPS) is 23.4. The third-order valence-corrected chi connectivity index (χ3v) is 5.71. The van der Waals surface area contributed by atoms with Gasteiger partial charge in [-0.2, -0.15) is 0 Å². The van der Waals surface area contributed by atoms with Gasteiger partial charge in [-0.25, -0.2) is 4.98 Å². The van der Waals surface area contributed by atoms with Crippen LogP contribution in [0.1, 0.15) is 60.9 Å². The fourth-order valence-corrected chi connectivity index (χ4v) is 3.87. The molecular weight excluding hydrogens is 282 g/mol. The number of likely N-dealkylation sites (tertiary alicyclic amines) is 1. The Kier molecular flexibility index (Phi) is 4.73. The summed E-state index contributed by atoms with van der Waals surface area (Å²) in [5.41, 5.74) is 6.71. The fraction of sp³-hybridized carbons (Fsp3) is 0.750. The van der Waals surface area contributed by atoms with Gasteiger partial charge in [-0.05, 0) is 25.7 Å². The zero-order valence-corrected chi connectivity index (χ0v) is 14.6. The zero-order chi connectivity index (χ0) is 15.8. The molecule has 0 aromatic carbocycles. The molecule has 2 rings (SSSR count). The summed E-state index contributed by atoms with van der Waals surface area (Å²) in [7, 11) is 0. The molecule has 0 radical (unpaired) electrons. The number of rotatable bonds is 2. The molecule has 21 heavy (non-hydrogen) atoms. The van der Waals surface area contributed by atoms with Crippen LogP contribution in [0.4, 0.5) is 0 Å². The minimum absolute atomic E-state index is 0.0162. The summed E-state index contributed by atoms with van der Waals surface area (Å²) in [6.45, 7) is 11.9. The average Bonchev–Trinajstić information content (AvgIpc) is 2.80. The Morgan fingerprint density at radius 3 is 2.67 bits per heavy atom. The van der Waals surface area contributed by atoms with E-state index in [1.807, 2.05) is 11.8 Å². The second kappa shape index (κ2) is 6.05. The first-order valence-electron chi connectivity index (χ1n) is 7.73. The van der Waals surface area contributed by atoms with Crippen molar-refractivity contribution in [2.75, 3.05) is 13.1 Å². The number of carbonyl (C=O) groups is 1. The predicted octanol–water partition coefficient (Wildman–Crippen LogP) is 2.95. The number of nitrogens with two attached hydrogens (primary N) is 1. The van der Waals surface area contributed by atoms with Gasteiger partial charge in [0.25, 0.3) is 5.91 Å². The number of aryl methyl sites for hydroxylation is 1. The smallest absolute Gasteiger partial charge is 0.266 e. The molecule has 0 aliphatic carbocycles. The lowest BCUT2D eigenvalue weighted by molar-refractivity contribution is 0.0577. The molecule has 5 heteroatoms. The van der Waals surface area contributed by atoms with Gasteiger partial charge in [0, 0.05) is 24.5 Å². The Bertz CT molecular complexity index is 518. The molecule has 4 nitrogen and oxygen atoms in total. The molecule has 0 bridgehead atoms. The van der Waals surface area contributed by atoms with Crippen molar-refractivity contribution in [2.45, 2.75) is 58.9 Å². The van der Waals surface area contributed by atoms with Crippen molar-refractivity contribution in [3.63, 3.8) is 0 Å². The quantitative estimate of drug-likeness (QED) is 0.913. The van der Waals surface area contributed by atoms with Crippen molar-refractivity contribution in [2.24, 2.45) is 11.7 Å². The number of thiazole rings is 1. The highest BCUT2D eigenvalue weighted by molar-refractivity contribution is 7.14. The molecule has 2 atom stereocenters. The van der Waals surface area contributed by atoms with Crippen LogP contribution in [0, 0.1) is 12.8 Å². The Morgan fingerprint density at radius 1 is 1.48 bits per heavy atom. The number of piperidine rings is 1. The van der Waals surface area contributed by atoms with Gasteiger partial charge in [0.15, 0.2) is 0 Å². The number of nitrogens with zero attached hydrogens (tertiary/aromatic N) is 2.